The van der Waals surface area contributed by atoms with Crippen molar-refractivity contribution in [2.45, 2.75) is 24.3 Å². The molecule has 0 saturated heterocycles. The molecule has 0 radical (unpaired) electrons. The van der Waals surface area contributed by atoms with Gasteiger partial charge in [0, 0.05) is 6.20 Å². The van der Waals surface area contributed by atoms with Crippen molar-refractivity contribution in [1.82, 2.24) is 15.0 Å². The minimum Gasteiger partial charge on any atom is -0.772 e. The van der Waals surface area contributed by atoms with Gasteiger partial charge < -0.3 is 15.4 Å². The maximum Gasteiger partial charge on any atom is 0.322 e. The normalized spacial score (nSPS) is 18.7. The van der Waals surface area contributed by atoms with Crippen molar-refractivity contribution in [1.29, 1.82) is 0 Å². The summed E-state index contributed by atoms with van der Waals surface area (Å²) in [6.45, 7) is 1.08. The fraction of sp³-hybridized carbons (Fsp3) is 0.571. The van der Waals surface area contributed by atoms with E-state index in [1.165, 1.54) is 24.0 Å². The van der Waals surface area contributed by atoms with Gasteiger partial charge >= 0.3 is 5.97 Å². The molecule has 1 aromatic heterocycles. The van der Waals surface area contributed by atoms with Crippen LogP contribution in [0.3, 0.4) is 0 Å². The molecule has 3 atom stereocenters. The SMILES string of the molecule is CC(Cn1ccnn1)(C(N)C(=O)O)S(=O)[O-]. The van der Waals surface area contributed by atoms with Crippen LogP contribution < -0.4 is 5.73 Å². The second-order valence-electron chi connectivity index (χ2n) is 3.46. The zero-order valence-electron chi connectivity index (χ0n) is 8.44. The van der Waals surface area contributed by atoms with Crippen molar-refractivity contribution in [3.05, 3.63) is 12.4 Å². The molecule has 1 rings (SSSR count). The van der Waals surface area contributed by atoms with Gasteiger partial charge in [0.1, 0.15) is 6.04 Å². The molecule has 16 heavy (non-hydrogen) atoms. The minimum atomic E-state index is -2.65. The Morgan fingerprint density at radius 3 is 2.81 bits per heavy atom. The lowest BCUT2D eigenvalue weighted by atomic mass is 10.0. The standard InChI is InChI=1S/C7H12N4O4S/c1-7(16(14)15,5(8)6(12)13)4-11-3-2-9-10-11/h2-3,5H,4,8H2,1H3,(H,12,13)(H,14,15)/p-1. The van der Waals surface area contributed by atoms with E-state index in [1.54, 1.807) is 0 Å². The molecule has 90 valence electrons. The Morgan fingerprint density at radius 1 is 1.81 bits per heavy atom. The Hall–Kier alpha value is -1.32. The molecule has 0 amide bonds. The Bertz CT molecular complexity index is 395. The molecule has 0 spiro atoms. The van der Waals surface area contributed by atoms with Gasteiger partial charge in [0.2, 0.25) is 0 Å². The molecule has 3 unspecified atom stereocenters. The lowest BCUT2D eigenvalue weighted by molar-refractivity contribution is -0.139. The molecule has 0 saturated carbocycles. The summed E-state index contributed by atoms with van der Waals surface area (Å²) in [5, 5.41) is 15.8. The van der Waals surface area contributed by atoms with Gasteiger partial charge in [-0.2, -0.15) is 0 Å². The molecule has 0 aliphatic rings. The zero-order chi connectivity index (χ0) is 12.3. The van der Waals surface area contributed by atoms with E-state index in [2.05, 4.69) is 10.3 Å². The largest absolute Gasteiger partial charge is 0.772 e. The summed E-state index contributed by atoms with van der Waals surface area (Å²) in [6.07, 6.45) is 2.79. The maximum absolute atomic E-state index is 11.1. The highest BCUT2D eigenvalue weighted by Gasteiger charge is 2.38. The fourth-order valence-corrected chi connectivity index (χ4v) is 1.70. The Labute approximate surface area is 93.7 Å². The van der Waals surface area contributed by atoms with Gasteiger partial charge in [0.25, 0.3) is 0 Å². The van der Waals surface area contributed by atoms with E-state index < -0.39 is 27.8 Å². The number of hydrogen-bond donors (Lipinski definition) is 2. The Morgan fingerprint density at radius 2 is 2.44 bits per heavy atom. The summed E-state index contributed by atoms with van der Waals surface area (Å²) in [5.41, 5.74) is 5.36. The lowest BCUT2D eigenvalue weighted by Crippen LogP contribution is -2.55. The minimum absolute atomic E-state index is 0.170. The first kappa shape index (κ1) is 12.7. The third kappa shape index (κ3) is 2.43. The van der Waals surface area contributed by atoms with Gasteiger partial charge in [0.05, 0.1) is 17.5 Å². The van der Waals surface area contributed by atoms with Crippen LogP contribution in [-0.4, -0.2) is 45.6 Å². The number of rotatable bonds is 5. The van der Waals surface area contributed by atoms with E-state index in [4.69, 9.17) is 10.8 Å². The van der Waals surface area contributed by atoms with Gasteiger partial charge in [-0.1, -0.05) is 5.21 Å². The molecule has 3 N–H and O–H groups in total. The van der Waals surface area contributed by atoms with E-state index >= 15 is 0 Å². The maximum atomic E-state index is 11.1. The van der Waals surface area contributed by atoms with Crippen LogP contribution in [0.2, 0.25) is 0 Å². The number of hydrogen-bond acceptors (Lipinski definition) is 6. The quantitative estimate of drug-likeness (QED) is 0.594. The van der Waals surface area contributed by atoms with Crippen LogP contribution in [-0.2, 0) is 22.4 Å². The number of aliphatic carboxylic acids is 1. The number of carboxylic acids is 1. The zero-order valence-corrected chi connectivity index (χ0v) is 9.25. The highest BCUT2D eigenvalue weighted by molar-refractivity contribution is 7.80. The van der Waals surface area contributed by atoms with E-state index in [1.807, 2.05) is 0 Å². The summed E-state index contributed by atoms with van der Waals surface area (Å²) in [4.78, 5) is 10.7. The highest BCUT2D eigenvalue weighted by Crippen LogP contribution is 2.18. The molecule has 0 bridgehead atoms. The van der Waals surface area contributed by atoms with Gasteiger partial charge in [-0.3, -0.25) is 13.7 Å². The molecule has 1 aromatic rings. The molecular weight excluding hydrogens is 236 g/mol. The molecule has 9 heteroatoms. The molecule has 0 aromatic carbocycles. The first-order chi connectivity index (χ1) is 7.38. The van der Waals surface area contributed by atoms with Gasteiger partial charge in [-0.25, -0.2) is 0 Å². The van der Waals surface area contributed by atoms with Crippen molar-refractivity contribution in [2.75, 3.05) is 0 Å². The summed E-state index contributed by atoms with van der Waals surface area (Å²) < 4.78 is 21.8. The highest BCUT2D eigenvalue weighted by atomic mass is 32.2. The fourth-order valence-electron chi connectivity index (χ4n) is 1.15. The molecule has 0 fully saturated rings. The van der Waals surface area contributed by atoms with Gasteiger partial charge in [0.15, 0.2) is 0 Å². The third-order valence-electron chi connectivity index (χ3n) is 2.25. The molecule has 1 heterocycles. The second kappa shape index (κ2) is 4.68. The van der Waals surface area contributed by atoms with Crippen molar-refractivity contribution in [2.24, 2.45) is 5.73 Å². The van der Waals surface area contributed by atoms with Gasteiger partial charge in [-0.05, 0) is 18.0 Å². The monoisotopic (exact) mass is 247 g/mol. The van der Waals surface area contributed by atoms with Crippen LogP contribution in [0, 0.1) is 0 Å². The average molecular weight is 247 g/mol. The number of carbonyl (C=O) groups is 1. The van der Waals surface area contributed by atoms with Gasteiger partial charge in [-0.15, -0.1) is 5.10 Å². The Balaban J connectivity index is 2.97. The summed E-state index contributed by atoms with van der Waals surface area (Å²) >= 11 is -2.65. The summed E-state index contributed by atoms with van der Waals surface area (Å²) in [6, 6.07) is -1.53. The van der Waals surface area contributed by atoms with Crippen molar-refractivity contribution >= 4 is 17.0 Å². The van der Waals surface area contributed by atoms with Crippen LogP contribution in [0.5, 0.6) is 0 Å². The number of nitrogens with two attached hydrogens (primary N) is 1. The number of carboxylic acid groups (broad SMARTS) is 1. The van der Waals surface area contributed by atoms with Crippen molar-refractivity contribution in [3.8, 4) is 0 Å². The van der Waals surface area contributed by atoms with E-state index in [-0.39, 0.29) is 6.54 Å². The van der Waals surface area contributed by atoms with E-state index in [0.717, 1.165) is 0 Å². The molecule has 8 nitrogen and oxygen atoms in total. The van der Waals surface area contributed by atoms with Crippen LogP contribution >= 0.6 is 0 Å². The number of nitrogens with zero attached hydrogens (tertiary/aromatic N) is 3. The van der Waals surface area contributed by atoms with Crippen molar-refractivity contribution in [3.63, 3.8) is 0 Å². The molecule has 0 aliphatic carbocycles. The summed E-state index contributed by atoms with van der Waals surface area (Å²) in [7, 11) is 0. The predicted octanol–water partition coefficient (Wildman–Crippen LogP) is -1.67. The molecular formula is C7H11N4O4S-. The number of aromatic nitrogens is 3. The summed E-state index contributed by atoms with van der Waals surface area (Å²) in [5.74, 6) is -1.38. The molecule has 0 aliphatic heterocycles. The average Bonchev–Trinajstić information content (AvgIpc) is 2.68. The third-order valence-corrected chi connectivity index (χ3v) is 3.40. The van der Waals surface area contributed by atoms with E-state index in [0.29, 0.717) is 0 Å². The Kier molecular flexibility index (Phi) is 3.73. The van der Waals surface area contributed by atoms with Crippen LogP contribution in [0.25, 0.3) is 0 Å². The van der Waals surface area contributed by atoms with E-state index in [9.17, 15) is 13.6 Å². The lowest BCUT2D eigenvalue weighted by Gasteiger charge is -2.34. The van der Waals surface area contributed by atoms with Crippen LogP contribution in [0.4, 0.5) is 0 Å². The smallest absolute Gasteiger partial charge is 0.322 e. The van der Waals surface area contributed by atoms with Crippen molar-refractivity contribution < 1.29 is 18.7 Å². The topological polar surface area (TPSA) is 134 Å². The first-order valence-corrected chi connectivity index (χ1v) is 5.37. The first-order valence-electron chi connectivity index (χ1n) is 4.30. The predicted molar refractivity (Wildman–Crippen MR) is 53.0 cm³/mol. The second-order valence-corrected chi connectivity index (χ2v) is 4.87. The van der Waals surface area contributed by atoms with Crippen LogP contribution in [0.1, 0.15) is 6.92 Å². The van der Waals surface area contributed by atoms with Crippen LogP contribution in [0.15, 0.2) is 12.4 Å².